The second kappa shape index (κ2) is 8.88. The molecule has 0 fully saturated rings. The van der Waals surface area contributed by atoms with Crippen molar-refractivity contribution in [2.24, 2.45) is 0 Å². The molecule has 0 spiro atoms. The van der Waals surface area contributed by atoms with Crippen LogP contribution in [0.25, 0.3) is 0 Å². The van der Waals surface area contributed by atoms with Gasteiger partial charge in [-0.1, -0.05) is 12.1 Å². The molecule has 1 unspecified atom stereocenters. The Morgan fingerprint density at radius 3 is 2.53 bits per heavy atom. The van der Waals surface area contributed by atoms with Gasteiger partial charge < -0.3 is 18.9 Å². The Kier molecular flexibility index (Phi) is 6.47. The Bertz CT molecular complexity index is 1080. The molecule has 0 N–H and O–H groups in total. The molecular formula is C20H25N3O6S. The molecule has 0 radical (unpaired) electrons. The van der Waals surface area contributed by atoms with Crippen molar-refractivity contribution in [3.63, 3.8) is 0 Å². The Labute approximate surface area is 175 Å². The number of likely N-dealkylation sites (N-methyl/N-ethyl adjacent to an activating group) is 1. The van der Waals surface area contributed by atoms with Crippen molar-refractivity contribution in [2.75, 3.05) is 33.8 Å². The van der Waals surface area contributed by atoms with Crippen molar-refractivity contribution in [1.29, 1.82) is 0 Å². The standard InChI is InChI=1S/C20H25N3O6S/c1-4-22(11-15-14-28-17-7-5-6-8-18(17)29-15)20(25)13-23-12-16(9-10-19(23)24)30(26,27)21(2)3/h5-10,12,15H,4,11,13-14H2,1-3H3. The van der Waals surface area contributed by atoms with E-state index in [1.807, 2.05) is 25.1 Å². The van der Waals surface area contributed by atoms with E-state index in [0.29, 0.717) is 24.7 Å². The third kappa shape index (κ3) is 4.65. The van der Waals surface area contributed by atoms with E-state index in [9.17, 15) is 18.0 Å². The quantitative estimate of drug-likeness (QED) is 0.638. The molecule has 1 aliphatic heterocycles. The van der Waals surface area contributed by atoms with Crippen molar-refractivity contribution in [3.05, 3.63) is 52.9 Å². The van der Waals surface area contributed by atoms with Gasteiger partial charge in [0.25, 0.3) is 5.56 Å². The zero-order valence-corrected chi connectivity index (χ0v) is 18.0. The van der Waals surface area contributed by atoms with Crippen LogP contribution in [0.5, 0.6) is 11.5 Å². The molecule has 162 valence electrons. The highest BCUT2D eigenvalue weighted by molar-refractivity contribution is 7.89. The van der Waals surface area contributed by atoms with E-state index < -0.39 is 15.6 Å². The Hall–Kier alpha value is -2.85. The maximum Gasteiger partial charge on any atom is 0.251 e. The van der Waals surface area contributed by atoms with E-state index >= 15 is 0 Å². The number of hydrogen-bond donors (Lipinski definition) is 0. The molecule has 10 heteroatoms. The van der Waals surface area contributed by atoms with Crippen molar-refractivity contribution < 1.29 is 22.7 Å². The fourth-order valence-corrected chi connectivity index (χ4v) is 3.97. The fourth-order valence-electron chi connectivity index (χ4n) is 3.05. The van der Waals surface area contributed by atoms with E-state index in [4.69, 9.17) is 9.47 Å². The second-order valence-electron chi connectivity index (χ2n) is 7.05. The molecule has 9 nitrogen and oxygen atoms in total. The summed E-state index contributed by atoms with van der Waals surface area (Å²) in [5.74, 6) is 0.963. The van der Waals surface area contributed by atoms with Crippen LogP contribution >= 0.6 is 0 Å². The number of para-hydroxylation sites is 2. The molecule has 0 bridgehead atoms. The van der Waals surface area contributed by atoms with Gasteiger partial charge in [0.2, 0.25) is 15.9 Å². The first kappa shape index (κ1) is 21.8. The normalized spacial score (nSPS) is 15.8. The van der Waals surface area contributed by atoms with Crippen molar-refractivity contribution in [3.8, 4) is 11.5 Å². The molecule has 1 amide bonds. The maximum absolute atomic E-state index is 12.8. The van der Waals surface area contributed by atoms with Gasteiger partial charge in [-0.2, -0.15) is 0 Å². The van der Waals surface area contributed by atoms with Crippen molar-refractivity contribution in [1.82, 2.24) is 13.8 Å². The third-order valence-electron chi connectivity index (χ3n) is 4.77. The average molecular weight is 436 g/mol. The van der Waals surface area contributed by atoms with Crippen LogP contribution in [0.2, 0.25) is 0 Å². The predicted octanol–water partition coefficient (Wildman–Crippen LogP) is 0.787. The van der Waals surface area contributed by atoms with Crippen LogP contribution in [0, 0.1) is 0 Å². The molecule has 1 aliphatic rings. The van der Waals surface area contributed by atoms with E-state index in [0.717, 1.165) is 14.9 Å². The first-order chi connectivity index (χ1) is 14.2. The van der Waals surface area contributed by atoms with Crippen LogP contribution in [0.3, 0.4) is 0 Å². The first-order valence-corrected chi connectivity index (χ1v) is 11.0. The summed E-state index contributed by atoms with van der Waals surface area (Å²) in [5.41, 5.74) is -0.455. The molecule has 1 aromatic heterocycles. The lowest BCUT2D eigenvalue weighted by Crippen LogP contribution is -2.45. The number of rotatable bonds is 7. The molecule has 1 aromatic carbocycles. The first-order valence-electron chi connectivity index (χ1n) is 9.51. The minimum atomic E-state index is -3.72. The summed E-state index contributed by atoms with van der Waals surface area (Å²) >= 11 is 0. The number of aromatic nitrogens is 1. The number of benzene rings is 1. The number of pyridine rings is 1. The fraction of sp³-hybridized carbons (Fsp3) is 0.400. The lowest BCUT2D eigenvalue weighted by Gasteiger charge is -2.31. The van der Waals surface area contributed by atoms with Gasteiger partial charge in [0, 0.05) is 32.9 Å². The molecule has 3 rings (SSSR count). The van der Waals surface area contributed by atoms with Crippen LogP contribution in [0.4, 0.5) is 0 Å². The van der Waals surface area contributed by atoms with Crippen molar-refractivity contribution >= 4 is 15.9 Å². The summed E-state index contributed by atoms with van der Waals surface area (Å²) in [5, 5.41) is 0. The number of carbonyl (C=O) groups is 1. The molecule has 2 heterocycles. The molecule has 1 atom stereocenters. The van der Waals surface area contributed by atoms with Gasteiger partial charge in [0.05, 0.1) is 11.4 Å². The van der Waals surface area contributed by atoms with Crippen LogP contribution in [-0.2, 0) is 21.4 Å². The van der Waals surface area contributed by atoms with Gasteiger partial charge in [0.1, 0.15) is 13.2 Å². The highest BCUT2D eigenvalue weighted by Crippen LogP contribution is 2.31. The minimum Gasteiger partial charge on any atom is -0.486 e. The van der Waals surface area contributed by atoms with Gasteiger partial charge in [-0.25, -0.2) is 12.7 Å². The number of sulfonamides is 1. The Morgan fingerprint density at radius 2 is 1.87 bits per heavy atom. The topological polar surface area (TPSA) is 98.2 Å². The van der Waals surface area contributed by atoms with Crippen molar-refractivity contribution in [2.45, 2.75) is 24.5 Å². The van der Waals surface area contributed by atoms with Gasteiger partial charge in [-0.15, -0.1) is 0 Å². The summed E-state index contributed by atoms with van der Waals surface area (Å²) in [6.45, 7) is 2.55. The number of carbonyl (C=O) groups excluding carboxylic acids is 1. The minimum absolute atomic E-state index is 0.0523. The number of fused-ring (bicyclic) bond motifs is 1. The average Bonchev–Trinajstić information content (AvgIpc) is 2.73. The van der Waals surface area contributed by atoms with Crippen LogP contribution in [0.15, 0.2) is 52.3 Å². The number of amides is 1. The zero-order valence-electron chi connectivity index (χ0n) is 17.1. The summed E-state index contributed by atoms with van der Waals surface area (Å²) in [7, 11) is -0.913. The Morgan fingerprint density at radius 1 is 1.17 bits per heavy atom. The van der Waals surface area contributed by atoms with E-state index in [1.165, 1.54) is 26.4 Å². The maximum atomic E-state index is 12.8. The molecular weight excluding hydrogens is 410 g/mol. The predicted molar refractivity (Wildman–Crippen MR) is 110 cm³/mol. The van der Waals surface area contributed by atoms with Gasteiger partial charge in [-0.05, 0) is 25.1 Å². The molecule has 0 saturated heterocycles. The second-order valence-corrected chi connectivity index (χ2v) is 9.20. The zero-order chi connectivity index (χ0) is 21.9. The monoisotopic (exact) mass is 435 g/mol. The van der Waals surface area contributed by atoms with Crippen LogP contribution < -0.4 is 15.0 Å². The van der Waals surface area contributed by atoms with E-state index in [2.05, 4.69) is 0 Å². The van der Waals surface area contributed by atoms with Gasteiger partial charge >= 0.3 is 0 Å². The van der Waals surface area contributed by atoms with E-state index in [1.54, 1.807) is 11.0 Å². The lowest BCUT2D eigenvalue weighted by atomic mass is 10.2. The number of hydrogen-bond acceptors (Lipinski definition) is 6. The lowest BCUT2D eigenvalue weighted by molar-refractivity contribution is -0.133. The third-order valence-corrected chi connectivity index (χ3v) is 6.57. The van der Waals surface area contributed by atoms with Crippen LogP contribution in [-0.4, -0.2) is 68.0 Å². The Balaban J connectivity index is 1.72. The largest absolute Gasteiger partial charge is 0.486 e. The SMILES string of the molecule is CCN(CC1COc2ccccc2O1)C(=O)Cn1cc(S(=O)(=O)N(C)C)ccc1=O. The highest BCUT2D eigenvalue weighted by atomic mass is 32.2. The summed E-state index contributed by atoms with van der Waals surface area (Å²) in [4.78, 5) is 26.5. The number of ether oxygens (including phenoxy) is 2. The number of nitrogens with zero attached hydrogens (tertiary/aromatic N) is 3. The summed E-state index contributed by atoms with van der Waals surface area (Å²) in [6.07, 6.45) is 0.848. The van der Waals surface area contributed by atoms with Crippen LogP contribution in [0.1, 0.15) is 6.92 Å². The molecule has 2 aromatic rings. The summed E-state index contributed by atoms with van der Waals surface area (Å²) < 4.78 is 38.4. The molecule has 30 heavy (non-hydrogen) atoms. The summed E-state index contributed by atoms with van der Waals surface area (Å²) in [6, 6.07) is 9.70. The van der Waals surface area contributed by atoms with Gasteiger partial charge in [0.15, 0.2) is 17.6 Å². The smallest absolute Gasteiger partial charge is 0.251 e. The van der Waals surface area contributed by atoms with E-state index in [-0.39, 0.29) is 30.0 Å². The highest BCUT2D eigenvalue weighted by Gasteiger charge is 2.25. The van der Waals surface area contributed by atoms with Gasteiger partial charge in [-0.3, -0.25) is 9.59 Å². The molecule has 0 aliphatic carbocycles. The molecule has 0 saturated carbocycles.